The van der Waals surface area contributed by atoms with E-state index >= 15 is 0 Å². The van der Waals surface area contributed by atoms with Gasteiger partial charge < -0.3 is 0 Å². The molecule has 0 unspecified atom stereocenters. The highest BCUT2D eigenvalue weighted by Crippen LogP contribution is 2.39. The van der Waals surface area contributed by atoms with Crippen LogP contribution in [0.4, 0.5) is 5.69 Å². The number of imide groups is 1. The number of carbonyl (C=O) groups is 2. The Balaban J connectivity index is 1.23. The van der Waals surface area contributed by atoms with Gasteiger partial charge >= 0.3 is 0 Å². The predicted octanol–water partition coefficient (Wildman–Crippen LogP) is 9.28. The molecule has 8 rings (SSSR count). The minimum absolute atomic E-state index is 0.299. The minimum Gasteiger partial charge on any atom is -0.268 e. The summed E-state index contributed by atoms with van der Waals surface area (Å²) in [6.45, 7) is 0. The molecule has 2 amide bonds. The van der Waals surface area contributed by atoms with Crippen molar-refractivity contribution in [2.24, 2.45) is 0 Å². The Bertz CT molecular complexity index is 2170. The zero-order valence-corrected chi connectivity index (χ0v) is 22.0. The summed E-state index contributed by atoms with van der Waals surface area (Å²) in [4.78, 5) is 29.0. The lowest BCUT2D eigenvalue weighted by Gasteiger charge is -2.28. The van der Waals surface area contributed by atoms with E-state index in [4.69, 9.17) is 0 Å². The fourth-order valence-corrected chi connectivity index (χ4v) is 6.12. The van der Waals surface area contributed by atoms with Crippen LogP contribution in [-0.2, 0) is 0 Å². The first-order valence-electron chi connectivity index (χ1n) is 13.7. The van der Waals surface area contributed by atoms with Gasteiger partial charge in [0.2, 0.25) is 0 Å². The van der Waals surface area contributed by atoms with E-state index in [0.717, 1.165) is 43.4 Å². The molecule has 41 heavy (non-hydrogen) atoms. The number of fused-ring (bicyclic) bond motifs is 2. The largest absolute Gasteiger partial charge is 0.268 e. The van der Waals surface area contributed by atoms with Gasteiger partial charge in [0.25, 0.3) is 11.8 Å². The normalized spacial score (nSPS) is 12.9. The first-order valence-corrected chi connectivity index (χ1v) is 13.7. The molecular formula is C38H23NO2. The maximum absolute atomic E-state index is 13.8. The number of hydrogen-bond acceptors (Lipinski definition) is 2. The molecule has 0 atom stereocenters. The van der Waals surface area contributed by atoms with Crippen LogP contribution in [0, 0.1) is 0 Å². The first kappa shape index (κ1) is 23.4. The van der Waals surface area contributed by atoms with Gasteiger partial charge in [-0.3, -0.25) is 9.59 Å². The van der Waals surface area contributed by atoms with Crippen molar-refractivity contribution in [2.75, 3.05) is 4.90 Å². The molecule has 0 spiro atoms. The monoisotopic (exact) mass is 525 g/mol. The van der Waals surface area contributed by atoms with Crippen molar-refractivity contribution in [3.8, 4) is 22.3 Å². The van der Waals surface area contributed by atoms with Crippen LogP contribution in [0.1, 0.15) is 20.7 Å². The molecule has 1 aliphatic heterocycles. The molecule has 0 aromatic heterocycles. The number of anilines is 1. The molecule has 0 N–H and O–H groups in total. The Hall–Kier alpha value is -5.54. The summed E-state index contributed by atoms with van der Waals surface area (Å²) in [5.74, 6) is -0.597. The van der Waals surface area contributed by atoms with Crippen molar-refractivity contribution in [3.05, 3.63) is 151 Å². The number of amides is 2. The van der Waals surface area contributed by atoms with E-state index in [2.05, 4.69) is 60.7 Å². The molecule has 0 saturated carbocycles. The molecule has 0 bridgehead atoms. The lowest BCUT2D eigenvalue weighted by molar-refractivity contribution is 0.0893. The Kier molecular flexibility index (Phi) is 5.13. The molecular weight excluding hydrogens is 502 g/mol. The Morgan fingerprint density at radius 2 is 1.00 bits per heavy atom. The van der Waals surface area contributed by atoms with Gasteiger partial charge in [-0.25, -0.2) is 4.90 Å². The van der Waals surface area contributed by atoms with E-state index < -0.39 is 0 Å². The van der Waals surface area contributed by atoms with Crippen molar-refractivity contribution in [3.63, 3.8) is 0 Å². The molecule has 3 heteroatoms. The second-order valence-corrected chi connectivity index (χ2v) is 10.5. The zero-order valence-electron chi connectivity index (χ0n) is 22.0. The van der Waals surface area contributed by atoms with Gasteiger partial charge in [0.05, 0.1) is 5.69 Å². The fraction of sp³-hybridized carbons (Fsp3) is 0. The van der Waals surface area contributed by atoms with E-state index in [0.29, 0.717) is 16.8 Å². The first-order chi connectivity index (χ1) is 20.2. The topological polar surface area (TPSA) is 37.4 Å². The van der Waals surface area contributed by atoms with Crippen molar-refractivity contribution in [2.45, 2.75) is 0 Å². The van der Waals surface area contributed by atoms with E-state index in [-0.39, 0.29) is 11.8 Å². The molecule has 7 aromatic carbocycles. The molecule has 192 valence electrons. The third-order valence-electron chi connectivity index (χ3n) is 8.16. The number of benzene rings is 7. The minimum atomic E-state index is -0.299. The molecule has 1 aliphatic rings. The highest BCUT2D eigenvalue weighted by atomic mass is 16.2. The number of nitrogens with zero attached hydrogens (tertiary/aromatic N) is 1. The van der Waals surface area contributed by atoms with Crippen LogP contribution in [0.25, 0.3) is 54.6 Å². The van der Waals surface area contributed by atoms with E-state index in [9.17, 15) is 9.59 Å². The van der Waals surface area contributed by atoms with E-state index in [1.807, 2.05) is 78.9 Å². The van der Waals surface area contributed by atoms with Gasteiger partial charge in [-0.2, -0.15) is 0 Å². The SMILES string of the molecule is O=C1c2cccc3c(-c4ccc5cc(-c6ccccc6)ccc5c4)ccc(c23)C(=O)N1c1ccc2ccccc2c1. The van der Waals surface area contributed by atoms with Gasteiger partial charge in [0.1, 0.15) is 0 Å². The number of hydrogen-bond donors (Lipinski definition) is 0. The summed E-state index contributed by atoms with van der Waals surface area (Å²) >= 11 is 0. The fourth-order valence-electron chi connectivity index (χ4n) is 6.12. The van der Waals surface area contributed by atoms with Crippen LogP contribution in [-0.4, -0.2) is 11.8 Å². The number of carbonyl (C=O) groups excluding carboxylic acids is 2. The van der Waals surface area contributed by atoms with Crippen LogP contribution < -0.4 is 4.90 Å². The smallest absolute Gasteiger partial charge is 0.265 e. The Morgan fingerprint density at radius 1 is 0.390 bits per heavy atom. The standard InChI is InChI=1S/C38H23NO2/c40-37-34-12-6-11-33-32(30-16-15-28-21-27(13-14-29(28)22-30)24-7-2-1-3-8-24)19-20-35(36(33)34)38(41)39(37)31-18-17-25-9-4-5-10-26(25)23-31/h1-23H. The van der Waals surface area contributed by atoms with E-state index in [1.54, 1.807) is 0 Å². The maximum atomic E-state index is 13.8. The lowest BCUT2D eigenvalue weighted by atomic mass is 9.88. The van der Waals surface area contributed by atoms with Crippen molar-refractivity contribution in [1.82, 2.24) is 0 Å². The summed E-state index contributed by atoms with van der Waals surface area (Å²) in [5.41, 5.74) is 6.08. The molecule has 7 aromatic rings. The molecule has 0 fully saturated rings. The van der Waals surface area contributed by atoms with Gasteiger partial charge in [-0.1, -0.05) is 103 Å². The Morgan fingerprint density at radius 3 is 1.80 bits per heavy atom. The molecule has 0 saturated heterocycles. The second-order valence-electron chi connectivity index (χ2n) is 10.5. The maximum Gasteiger partial charge on any atom is 0.265 e. The summed E-state index contributed by atoms with van der Waals surface area (Å²) in [7, 11) is 0. The quantitative estimate of drug-likeness (QED) is 0.216. The second kappa shape index (κ2) is 9.00. The highest BCUT2D eigenvalue weighted by Gasteiger charge is 2.34. The van der Waals surface area contributed by atoms with Crippen molar-refractivity contribution in [1.29, 1.82) is 0 Å². The molecule has 3 nitrogen and oxygen atoms in total. The summed E-state index contributed by atoms with van der Waals surface area (Å²) < 4.78 is 0. The van der Waals surface area contributed by atoms with E-state index in [1.165, 1.54) is 16.0 Å². The zero-order chi connectivity index (χ0) is 27.5. The third kappa shape index (κ3) is 3.67. The van der Waals surface area contributed by atoms with Gasteiger partial charge in [-0.15, -0.1) is 0 Å². The van der Waals surface area contributed by atoms with Crippen LogP contribution in [0.5, 0.6) is 0 Å². The summed E-state index contributed by atoms with van der Waals surface area (Å²) in [6, 6.07) is 46.6. The summed E-state index contributed by atoms with van der Waals surface area (Å²) in [6.07, 6.45) is 0. The predicted molar refractivity (Wildman–Crippen MR) is 167 cm³/mol. The Labute approximate surface area is 236 Å². The van der Waals surface area contributed by atoms with Gasteiger partial charge in [0.15, 0.2) is 0 Å². The lowest BCUT2D eigenvalue weighted by Crippen LogP contribution is -2.40. The molecule has 0 aliphatic carbocycles. The van der Waals surface area contributed by atoms with Crippen LogP contribution >= 0.6 is 0 Å². The van der Waals surface area contributed by atoms with Crippen molar-refractivity contribution < 1.29 is 9.59 Å². The van der Waals surface area contributed by atoms with Crippen LogP contribution in [0.3, 0.4) is 0 Å². The molecule has 0 radical (unpaired) electrons. The highest BCUT2D eigenvalue weighted by molar-refractivity contribution is 6.36. The average molecular weight is 526 g/mol. The van der Waals surface area contributed by atoms with Gasteiger partial charge in [0, 0.05) is 16.5 Å². The van der Waals surface area contributed by atoms with Gasteiger partial charge in [-0.05, 0) is 85.6 Å². The van der Waals surface area contributed by atoms with Crippen LogP contribution in [0.2, 0.25) is 0 Å². The summed E-state index contributed by atoms with van der Waals surface area (Å²) in [5, 5.41) is 5.97. The average Bonchev–Trinajstić information content (AvgIpc) is 3.03. The number of rotatable bonds is 3. The third-order valence-corrected chi connectivity index (χ3v) is 8.16. The van der Waals surface area contributed by atoms with Crippen molar-refractivity contribution >= 4 is 49.8 Å². The molecule has 1 heterocycles. The van der Waals surface area contributed by atoms with Crippen LogP contribution in [0.15, 0.2) is 140 Å².